The molecule has 0 bridgehead atoms. The topological polar surface area (TPSA) is 59.8 Å². The fourth-order valence-corrected chi connectivity index (χ4v) is 4.52. The molecule has 0 aliphatic heterocycles. The molecule has 1 heterocycles. The molecule has 0 aliphatic carbocycles. The summed E-state index contributed by atoms with van der Waals surface area (Å²) in [5.74, 6) is 1.49. The molecule has 0 saturated heterocycles. The number of hydrogen-bond acceptors (Lipinski definition) is 4. The summed E-state index contributed by atoms with van der Waals surface area (Å²) < 4.78 is 2.06. The number of rotatable bonds is 8. The Labute approximate surface area is 197 Å². The molecule has 1 unspecified atom stereocenters. The number of thioether (sulfide) groups is 1. The number of carbonyl (C=O) groups is 1. The molecule has 2 aromatic carbocycles. The van der Waals surface area contributed by atoms with Gasteiger partial charge in [-0.05, 0) is 49.6 Å². The van der Waals surface area contributed by atoms with E-state index in [0.29, 0.717) is 27.9 Å². The molecule has 3 rings (SSSR count). The lowest BCUT2D eigenvalue weighted by Gasteiger charge is -2.22. The van der Waals surface area contributed by atoms with Gasteiger partial charge in [0.15, 0.2) is 11.0 Å². The van der Waals surface area contributed by atoms with Crippen LogP contribution in [-0.2, 0) is 12.3 Å². The van der Waals surface area contributed by atoms with Gasteiger partial charge in [0.25, 0.3) is 5.91 Å². The van der Waals surface area contributed by atoms with Crippen molar-refractivity contribution in [3.05, 3.63) is 75.0 Å². The average Bonchev–Trinajstić information content (AvgIpc) is 3.14. The van der Waals surface area contributed by atoms with Crippen LogP contribution in [0.3, 0.4) is 0 Å². The van der Waals surface area contributed by atoms with Crippen LogP contribution in [0.15, 0.2) is 47.6 Å². The van der Waals surface area contributed by atoms with Crippen molar-refractivity contribution in [2.75, 3.05) is 0 Å². The second-order valence-corrected chi connectivity index (χ2v) is 9.44. The zero-order chi connectivity index (χ0) is 22.5. The number of nitrogens with one attached hydrogen (secondary N) is 1. The molecular formula is C23H26Cl2N4OS. The minimum atomic E-state index is -0.250. The van der Waals surface area contributed by atoms with E-state index in [1.165, 1.54) is 0 Å². The highest BCUT2D eigenvalue weighted by Crippen LogP contribution is 2.29. The Morgan fingerprint density at radius 1 is 1.13 bits per heavy atom. The quantitative estimate of drug-likeness (QED) is 0.385. The number of aromatic nitrogens is 3. The number of carbonyl (C=O) groups excluding carboxylic acids is 1. The lowest BCUT2D eigenvalue weighted by molar-refractivity contribution is 0.0921. The van der Waals surface area contributed by atoms with E-state index in [0.717, 1.165) is 22.1 Å². The summed E-state index contributed by atoms with van der Waals surface area (Å²) in [4.78, 5) is 12.9. The third kappa shape index (κ3) is 5.82. The summed E-state index contributed by atoms with van der Waals surface area (Å²) in [6.45, 7) is 8.87. The van der Waals surface area contributed by atoms with E-state index in [1.54, 1.807) is 17.8 Å². The molecule has 0 fully saturated rings. The molecule has 0 saturated carbocycles. The van der Waals surface area contributed by atoms with Crippen LogP contribution in [0.2, 0.25) is 10.0 Å². The van der Waals surface area contributed by atoms with Gasteiger partial charge in [-0.25, -0.2) is 0 Å². The van der Waals surface area contributed by atoms with Crippen LogP contribution >= 0.6 is 35.0 Å². The van der Waals surface area contributed by atoms with E-state index in [-0.39, 0.29) is 17.9 Å². The highest BCUT2D eigenvalue weighted by Gasteiger charge is 2.26. The molecular weight excluding hydrogens is 451 g/mol. The van der Waals surface area contributed by atoms with Gasteiger partial charge in [0.05, 0.1) is 16.1 Å². The van der Waals surface area contributed by atoms with E-state index in [2.05, 4.69) is 40.9 Å². The van der Waals surface area contributed by atoms with Gasteiger partial charge >= 0.3 is 0 Å². The maximum absolute atomic E-state index is 12.9. The molecule has 1 N–H and O–H groups in total. The van der Waals surface area contributed by atoms with Gasteiger partial charge in [-0.3, -0.25) is 4.79 Å². The molecule has 0 radical (unpaired) electrons. The van der Waals surface area contributed by atoms with Crippen LogP contribution < -0.4 is 5.32 Å². The number of amides is 1. The normalized spacial score (nSPS) is 12.2. The van der Waals surface area contributed by atoms with Gasteiger partial charge in [-0.2, -0.15) is 0 Å². The van der Waals surface area contributed by atoms with E-state index in [1.807, 2.05) is 43.3 Å². The molecule has 0 aliphatic rings. The Kier molecular flexibility index (Phi) is 8.03. The van der Waals surface area contributed by atoms with Crippen molar-refractivity contribution in [2.45, 2.75) is 51.2 Å². The third-order valence-corrected chi connectivity index (χ3v) is 6.70. The Morgan fingerprint density at radius 3 is 2.55 bits per heavy atom. The monoisotopic (exact) mass is 476 g/mol. The summed E-state index contributed by atoms with van der Waals surface area (Å²) in [7, 11) is 0. The molecule has 8 heteroatoms. The van der Waals surface area contributed by atoms with Crippen molar-refractivity contribution < 1.29 is 4.79 Å². The van der Waals surface area contributed by atoms with Crippen LogP contribution in [0.25, 0.3) is 0 Å². The number of benzene rings is 2. The molecule has 0 spiro atoms. The minimum absolute atomic E-state index is 0.113. The zero-order valence-corrected chi connectivity index (χ0v) is 20.4. The van der Waals surface area contributed by atoms with Crippen LogP contribution in [-0.4, -0.2) is 20.7 Å². The van der Waals surface area contributed by atoms with Crippen molar-refractivity contribution in [2.24, 2.45) is 5.92 Å². The standard InChI is InChI=1S/C23H26Cl2N4OS/c1-5-29-21(20(14(2)3)26-22(30)17-8-6-7-15(4)11-17)27-28-23(29)31-13-16-9-10-18(24)19(25)12-16/h6-12,14,20H,5,13H2,1-4H3,(H,26,30). The van der Waals surface area contributed by atoms with Crippen LogP contribution in [0.5, 0.6) is 0 Å². The van der Waals surface area contributed by atoms with E-state index in [4.69, 9.17) is 23.2 Å². The van der Waals surface area contributed by atoms with Crippen LogP contribution in [0, 0.1) is 12.8 Å². The zero-order valence-electron chi connectivity index (χ0n) is 18.0. The Hall–Kier alpha value is -2.02. The second-order valence-electron chi connectivity index (χ2n) is 7.69. The van der Waals surface area contributed by atoms with Gasteiger partial charge in [-0.15, -0.1) is 10.2 Å². The van der Waals surface area contributed by atoms with Crippen molar-refractivity contribution in [1.29, 1.82) is 0 Å². The number of halogens is 2. The third-order valence-electron chi connectivity index (χ3n) is 4.93. The highest BCUT2D eigenvalue weighted by molar-refractivity contribution is 7.98. The first-order valence-electron chi connectivity index (χ1n) is 10.2. The summed E-state index contributed by atoms with van der Waals surface area (Å²) in [6.07, 6.45) is 0. The van der Waals surface area contributed by atoms with Gasteiger partial charge < -0.3 is 9.88 Å². The van der Waals surface area contributed by atoms with Gasteiger partial charge in [0, 0.05) is 17.9 Å². The molecule has 1 amide bonds. The van der Waals surface area contributed by atoms with E-state index >= 15 is 0 Å². The largest absolute Gasteiger partial charge is 0.342 e. The lowest BCUT2D eigenvalue weighted by Crippen LogP contribution is -2.33. The first kappa shape index (κ1) is 23.6. The molecule has 1 aromatic heterocycles. The van der Waals surface area contributed by atoms with Crippen molar-refractivity contribution >= 4 is 40.9 Å². The van der Waals surface area contributed by atoms with Crippen molar-refractivity contribution in [3.8, 4) is 0 Å². The molecule has 1 atom stereocenters. The SMILES string of the molecule is CCn1c(SCc2ccc(Cl)c(Cl)c2)nnc1C(NC(=O)c1cccc(C)c1)C(C)C. The summed E-state index contributed by atoms with van der Waals surface area (Å²) in [5.41, 5.74) is 2.74. The van der Waals surface area contributed by atoms with Crippen molar-refractivity contribution in [3.63, 3.8) is 0 Å². The smallest absolute Gasteiger partial charge is 0.251 e. The molecule has 5 nitrogen and oxygen atoms in total. The van der Waals surface area contributed by atoms with E-state index in [9.17, 15) is 4.79 Å². The maximum atomic E-state index is 12.9. The van der Waals surface area contributed by atoms with Gasteiger partial charge in [0.1, 0.15) is 0 Å². The van der Waals surface area contributed by atoms with E-state index < -0.39 is 0 Å². The summed E-state index contributed by atoms with van der Waals surface area (Å²) >= 11 is 13.7. The number of aryl methyl sites for hydroxylation is 1. The molecule has 164 valence electrons. The Bertz CT molecular complexity index is 1070. The number of hydrogen-bond donors (Lipinski definition) is 1. The summed E-state index contributed by atoms with van der Waals surface area (Å²) in [5, 5.41) is 13.9. The molecule has 3 aromatic rings. The molecule has 31 heavy (non-hydrogen) atoms. The van der Waals surface area contributed by atoms with Crippen molar-refractivity contribution in [1.82, 2.24) is 20.1 Å². The maximum Gasteiger partial charge on any atom is 0.251 e. The first-order chi connectivity index (χ1) is 14.8. The minimum Gasteiger partial charge on any atom is -0.342 e. The lowest BCUT2D eigenvalue weighted by atomic mass is 10.0. The Balaban J connectivity index is 1.80. The fourth-order valence-electron chi connectivity index (χ4n) is 3.25. The highest BCUT2D eigenvalue weighted by atomic mass is 35.5. The fraction of sp³-hybridized carbons (Fsp3) is 0.348. The number of nitrogens with zero attached hydrogens (tertiary/aromatic N) is 3. The Morgan fingerprint density at radius 2 is 1.90 bits per heavy atom. The van der Waals surface area contributed by atoms with Crippen LogP contribution in [0.4, 0.5) is 0 Å². The second kappa shape index (κ2) is 10.5. The van der Waals surface area contributed by atoms with Gasteiger partial charge in [0.2, 0.25) is 0 Å². The average molecular weight is 477 g/mol. The predicted octanol–water partition coefficient (Wildman–Crippen LogP) is 6.33. The first-order valence-corrected chi connectivity index (χ1v) is 11.9. The summed E-state index contributed by atoms with van der Waals surface area (Å²) in [6, 6.07) is 12.9. The predicted molar refractivity (Wildman–Crippen MR) is 128 cm³/mol. The van der Waals surface area contributed by atoms with Gasteiger partial charge in [-0.1, -0.05) is 72.6 Å². The van der Waals surface area contributed by atoms with Crippen LogP contribution in [0.1, 0.15) is 54.1 Å².